The van der Waals surface area contributed by atoms with E-state index in [1.165, 1.54) is 0 Å². The first-order valence-corrected chi connectivity index (χ1v) is 9.20. The zero-order valence-corrected chi connectivity index (χ0v) is 14.0. The Morgan fingerprint density at radius 1 is 1.57 bits per heavy atom. The smallest absolute Gasteiger partial charge is 0.313 e. The third-order valence-corrected chi connectivity index (χ3v) is 5.56. The van der Waals surface area contributed by atoms with Crippen LogP contribution in [0.2, 0.25) is 5.02 Å². The van der Waals surface area contributed by atoms with Crippen molar-refractivity contribution in [2.45, 2.75) is 23.9 Å². The molecule has 0 saturated carbocycles. The molecule has 0 fully saturated rings. The number of para-hydroxylation sites is 1. The molecule has 8 heteroatoms. The molecule has 5 nitrogen and oxygen atoms in total. The maximum atomic E-state index is 11.6. The van der Waals surface area contributed by atoms with Gasteiger partial charge in [-0.05, 0) is 19.1 Å². The molecule has 0 aliphatic rings. The fourth-order valence-electron chi connectivity index (χ4n) is 1.89. The van der Waals surface area contributed by atoms with Crippen LogP contribution in [0.25, 0.3) is 11.0 Å². The second-order valence-corrected chi connectivity index (χ2v) is 7.76. The summed E-state index contributed by atoms with van der Waals surface area (Å²) in [5.41, 5.74) is 1.47. The number of carboxylic acid groups (broad SMARTS) is 1. The molecule has 21 heavy (non-hydrogen) atoms. The van der Waals surface area contributed by atoms with Crippen molar-refractivity contribution in [3.05, 3.63) is 23.2 Å². The molecule has 1 aromatic heterocycles. The number of imidazole rings is 1. The number of hydrogen-bond acceptors (Lipinski definition) is 4. The van der Waals surface area contributed by atoms with Crippen molar-refractivity contribution >= 4 is 51.2 Å². The summed E-state index contributed by atoms with van der Waals surface area (Å²) in [4.78, 5) is 15.2. The van der Waals surface area contributed by atoms with Crippen LogP contribution in [0.4, 0.5) is 0 Å². The number of aromatic nitrogens is 2. The van der Waals surface area contributed by atoms with E-state index in [2.05, 4.69) is 4.98 Å². The molecule has 0 bridgehead atoms. The van der Waals surface area contributed by atoms with Gasteiger partial charge < -0.3 is 9.67 Å². The molecule has 1 aromatic carbocycles. The molecular formula is C13H15ClN2O3S2. The number of benzene rings is 1. The van der Waals surface area contributed by atoms with E-state index in [1.807, 2.05) is 17.6 Å². The topological polar surface area (TPSA) is 72.2 Å². The first-order chi connectivity index (χ1) is 9.90. The summed E-state index contributed by atoms with van der Waals surface area (Å²) in [5, 5.41) is 9.89. The summed E-state index contributed by atoms with van der Waals surface area (Å²) in [6, 6.07) is 5.40. The Kier molecular flexibility index (Phi) is 5.29. The molecule has 2 aromatic rings. The number of carbonyl (C=O) groups is 1. The van der Waals surface area contributed by atoms with E-state index in [9.17, 15) is 9.00 Å². The van der Waals surface area contributed by atoms with E-state index in [-0.39, 0.29) is 11.0 Å². The minimum absolute atomic E-state index is 0.0788. The van der Waals surface area contributed by atoms with Crippen molar-refractivity contribution in [2.24, 2.45) is 0 Å². The summed E-state index contributed by atoms with van der Waals surface area (Å²) in [7, 11) is -0.983. The average Bonchev–Trinajstić information content (AvgIpc) is 2.75. The van der Waals surface area contributed by atoms with E-state index in [0.29, 0.717) is 22.2 Å². The summed E-state index contributed by atoms with van der Waals surface area (Å²) in [6.45, 7) is 2.36. The average molecular weight is 347 g/mol. The van der Waals surface area contributed by atoms with Gasteiger partial charge in [-0.25, -0.2) is 4.98 Å². The van der Waals surface area contributed by atoms with E-state index in [0.717, 1.165) is 17.3 Å². The van der Waals surface area contributed by atoms with Gasteiger partial charge in [-0.3, -0.25) is 9.00 Å². The highest BCUT2D eigenvalue weighted by Gasteiger charge is 2.18. The fraction of sp³-hybridized carbons (Fsp3) is 0.385. The SMILES string of the molecule is CC(Cn1c(SCC(=O)O)nc2cccc(Cl)c21)S(C)=O. The normalized spacial score (nSPS) is 14.2. The van der Waals surface area contributed by atoms with Crippen molar-refractivity contribution in [2.75, 3.05) is 12.0 Å². The highest BCUT2D eigenvalue weighted by molar-refractivity contribution is 7.99. The van der Waals surface area contributed by atoms with Gasteiger partial charge in [-0.2, -0.15) is 0 Å². The van der Waals surface area contributed by atoms with E-state index in [4.69, 9.17) is 16.7 Å². The van der Waals surface area contributed by atoms with Gasteiger partial charge >= 0.3 is 5.97 Å². The first kappa shape index (κ1) is 16.3. The van der Waals surface area contributed by atoms with Crippen LogP contribution in [0.1, 0.15) is 6.92 Å². The zero-order chi connectivity index (χ0) is 15.6. The van der Waals surface area contributed by atoms with E-state index in [1.54, 1.807) is 18.4 Å². The number of thioether (sulfide) groups is 1. The molecule has 0 aliphatic carbocycles. The van der Waals surface area contributed by atoms with Gasteiger partial charge in [0.05, 0.1) is 21.8 Å². The standard InChI is InChI=1S/C13H15ClN2O3S2/c1-8(21(2)19)6-16-12-9(14)4-3-5-10(12)15-13(16)20-7-11(17)18/h3-5,8H,6-7H2,1-2H3,(H,17,18). The zero-order valence-electron chi connectivity index (χ0n) is 11.6. The molecule has 0 aliphatic heterocycles. The molecule has 1 N–H and O–H groups in total. The number of hydrogen-bond donors (Lipinski definition) is 1. The highest BCUT2D eigenvalue weighted by atomic mass is 35.5. The maximum absolute atomic E-state index is 11.6. The van der Waals surface area contributed by atoms with Crippen LogP contribution in [0.5, 0.6) is 0 Å². The fourth-order valence-corrected chi connectivity index (χ4v) is 3.26. The van der Waals surface area contributed by atoms with E-state index >= 15 is 0 Å². The van der Waals surface area contributed by atoms with Crippen LogP contribution in [-0.4, -0.2) is 42.1 Å². The van der Waals surface area contributed by atoms with E-state index < -0.39 is 16.8 Å². The third kappa shape index (κ3) is 3.78. The Morgan fingerprint density at radius 3 is 2.90 bits per heavy atom. The molecule has 2 rings (SSSR count). The highest BCUT2D eigenvalue weighted by Crippen LogP contribution is 2.29. The number of carboxylic acids is 1. The minimum Gasteiger partial charge on any atom is -0.481 e. The summed E-state index contributed by atoms with van der Waals surface area (Å²) >= 11 is 7.38. The van der Waals surface area contributed by atoms with Crippen molar-refractivity contribution in [3.63, 3.8) is 0 Å². The largest absolute Gasteiger partial charge is 0.481 e. The predicted molar refractivity (Wildman–Crippen MR) is 86.6 cm³/mol. The Hall–Kier alpha value is -1.05. The molecule has 0 spiro atoms. The number of aliphatic carboxylic acids is 1. The summed E-state index contributed by atoms with van der Waals surface area (Å²) in [6.07, 6.45) is 1.65. The quantitative estimate of drug-likeness (QED) is 0.814. The van der Waals surface area contributed by atoms with Crippen molar-refractivity contribution in [3.8, 4) is 0 Å². The van der Waals surface area contributed by atoms with Gasteiger partial charge in [0.25, 0.3) is 0 Å². The molecule has 114 valence electrons. The Morgan fingerprint density at radius 2 is 2.29 bits per heavy atom. The lowest BCUT2D eigenvalue weighted by atomic mass is 10.3. The molecule has 0 radical (unpaired) electrons. The monoisotopic (exact) mass is 346 g/mol. The Balaban J connectivity index is 2.48. The van der Waals surface area contributed by atoms with Crippen LogP contribution in [0, 0.1) is 0 Å². The number of nitrogens with zero attached hydrogens (tertiary/aromatic N) is 2. The van der Waals surface area contributed by atoms with Crippen LogP contribution in [0.3, 0.4) is 0 Å². The molecule has 1 heterocycles. The van der Waals surface area contributed by atoms with Gasteiger partial charge in [0, 0.05) is 28.9 Å². The van der Waals surface area contributed by atoms with Crippen LogP contribution in [-0.2, 0) is 22.1 Å². The Bertz CT molecular complexity index is 702. The molecule has 2 unspecified atom stereocenters. The van der Waals surface area contributed by atoms with Gasteiger partial charge in [0.2, 0.25) is 0 Å². The van der Waals surface area contributed by atoms with Crippen molar-refractivity contribution in [1.29, 1.82) is 0 Å². The number of fused-ring (bicyclic) bond motifs is 1. The Labute approximate surface area is 134 Å². The van der Waals surface area contributed by atoms with Crippen molar-refractivity contribution < 1.29 is 14.1 Å². The number of halogens is 1. The second-order valence-electron chi connectivity index (χ2n) is 4.60. The molecule has 0 amide bonds. The molecular weight excluding hydrogens is 332 g/mol. The van der Waals surface area contributed by atoms with Crippen molar-refractivity contribution in [1.82, 2.24) is 9.55 Å². The third-order valence-electron chi connectivity index (χ3n) is 3.01. The molecule has 0 saturated heterocycles. The lowest BCUT2D eigenvalue weighted by Crippen LogP contribution is -2.18. The van der Waals surface area contributed by atoms with Gasteiger partial charge in [0.15, 0.2) is 5.16 Å². The summed E-state index contributed by atoms with van der Waals surface area (Å²) < 4.78 is 13.5. The lowest BCUT2D eigenvalue weighted by Gasteiger charge is -2.13. The van der Waals surface area contributed by atoms with Crippen LogP contribution >= 0.6 is 23.4 Å². The first-order valence-electron chi connectivity index (χ1n) is 6.21. The minimum atomic E-state index is -0.983. The predicted octanol–water partition coefficient (Wildman–Crippen LogP) is 2.63. The summed E-state index contributed by atoms with van der Waals surface area (Å²) in [5.74, 6) is -0.985. The van der Waals surface area contributed by atoms with Gasteiger partial charge in [-0.15, -0.1) is 0 Å². The van der Waals surface area contributed by atoms with Crippen LogP contribution in [0.15, 0.2) is 23.4 Å². The molecule has 2 atom stereocenters. The second kappa shape index (κ2) is 6.81. The van der Waals surface area contributed by atoms with Gasteiger partial charge in [-0.1, -0.05) is 29.4 Å². The number of rotatable bonds is 6. The van der Waals surface area contributed by atoms with Crippen LogP contribution < -0.4 is 0 Å². The maximum Gasteiger partial charge on any atom is 0.313 e. The van der Waals surface area contributed by atoms with Gasteiger partial charge in [0.1, 0.15) is 0 Å². The lowest BCUT2D eigenvalue weighted by molar-refractivity contribution is -0.133.